The highest BCUT2D eigenvalue weighted by Crippen LogP contribution is 2.26. The number of rotatable bonds is 3. The highest BCUT2D eigenvalue weighted by molar-refractivity contribution is 9.10. The molecule has 0 aliphatic carbocycles. The lowest BCUT2D eigenvalue weighted by atomic mass is 10.1. The second-order valence-electron chi connectivity index (χ2n) is 4.83. The first-order valence-corrected chi connectivity index (χ1v) is 7.82. The predicted octanol–water partition coefficient (Wildman–Crippen LogP) is 5.54. The molecule has 3 nitrogen and oxygen atoms in total. The van der Waals surface area contributed by atoms with Crippen LogP contribution < -0.4 is 0 Å². The van der Waals surface area contributed by atoms with Gasteiger partial charge < -0.3 is 4.42 Å². The van der Waals surface area contributed by atoms with Gasteiger partial charge in [-0.3, -0.25) is 0 Å². The van der Waals surface area contributed by atoms with E-state index in [1.807, 2.05) is 55.5 Å². The molecule has 0 radical (unpaired) electrons. The third-order valence-electron chi connectivity index (χ3n) is 3.06. The van der Waals surface area contributed by atoms with Crippen molar-refractivity contribution < 1.29 is 4.42 Å². The van der Waals surface area contributed by atoms with Crippen molar-refractivity contribution in [3.63, 3.8) is 0 Å². The van der Waals surface area contributed by atoms with Crippen LogP contribution in [0, 0.1) is 6.92 Å². The van der Waals surface area contributed by atoms with Gasteiger partial charge in [0, 0.05) is 10.0 Å². The first-order valence-electron chi connectivity index (χ1n) is 6.65. The molecule has 0 atom stereocenters. The summed E-state index contributed by atoms with van der Waals surface area (Å²) >= 11 is 9.66. The molecule has 0 amide bonds. The number of hydrogen-bond acceptors (Lipinski definition) is 3. The molecule has 0 saturated heterocycles. The minimum absolute atomic E-state index is 0.307. The Bertz CT molecular complexity index is 825. The topological polar surface area (TPSA) is 38.9 Å². The summed E-state index contributed by atoms with van der Waals surface area (Å²) in [5, 5.41) is 8.48. The molecule has 0 saturated carbocycles. The van der Waals surface area contributed by atoms with Gasteiger partial charge >= 0.3 is 0 Å². The average molecular weight is 376 g/mol. The number of aryl methyl sites for hydroxylation is 1. The predicted molar refractivity (Wildman–Crippen MR) is 92.3 cm³/mol. The van der Waals surface area contributed by atoms with Crippen molar-refractivity contribution in [3.8, 4) is 11.5 Å². The molecule has 110 valence electrons. The molecular formula is C17H12BrClN2O. The smallest absolute Gasteiger partial charge is 0.259 e. The molecule has 3 aromatic rings. The lowest BCUT2D eigenvalue weighted by molar-refractivity contribution is 0.556. The summed E-state index contributed by atoms with van der Waals surface area (Å²) in [4.78, 5) is 0. The van der Waals surface area contributed by atoms with E-state index in [-0.39, 0.29) is 0 Å². The van der Waals surface area contributed by atoms with Crippen molar-refractivity contribution in [1.29, 1.82) is 0 Å². The van der Waals surface area contributed by atoms with E-state index in [0.717, 1.165) is 21.2 Å². The number of halogens is 2. The van der Waals surface area contributed by atoms with Crippen LogP contribution in [-0.2, 0) is 0 Å². The van der Waals surface area contributed by atoms with Crippen molar-refractivity contribution in [3.05, 3.63) is 70.0 Å². The van der Waals surface area contributed by atoms with Gasteiger partial charge in [-0.25, -0.2) is 0 Å². The van der Waals surface area contributed by atoms with Crippen LogP contribution in [-0.4, -0.2) is 10.2 Å². The maximum atomic E-state index is 6.27. The second-order valence-corrected chi connectivity index (χ2v) is 6.15. The average Bonchev–Trinajstić information content (AvgIpc) is 3.00. The molecule has 3 rings (SSSR count). The van der Waals surface area contributed by atoms with Crippen molar-refractivity contribution in [2.45, 2.75) is 6.92 Å². The Morgan fingerprint density at radius 1 is 1.14 bits per heavy atom. The van der Waals surface area contributed by atoms with Gasteiger partial charge in [-0.2, -0.15) is 0 Å². The fraction of sp³-hybridized carbons (Fsp3) is 0.0588. The Morgan fingerprint density at radius 2 is 1.91 bits per heavy atom. The van der Waals surface area contributed by atoms with Gasteiger partial charge in [0.25, 0.3) is 5.89 Å². The van der Waals surface area contributed by atoms with Crippen LogP contribution >= 0.6 is 27.5 Å². The summed E-state index contributed by atoms with van der Waals surface area (Å²) in [6, 6.07) is 15.7. The molecule has 0 spiro atoms. The van der Waals surface area contributed by atoms with Crippen LogP contribution in [0.15, 0.2) is 57.4 Å². The quantitative estimate of drug-likeness (QED) is 0.603. The van der Waals surface area contributed by atoms with E-state index in [2.05, 4.69) is 26.1 Å². The van der Waals surface area contributed by atoms with E-state index in [1.54, 1.807) is 6.08 Å². The number of benzene rings is 2. The van der Waals surface area contributed by atoms with E-state index in [4.69, 9.17) is 16.0 Å². The highest BCUT2D eigenvalue weighted by atomic mass is 79.9. The standard InChI is InChI=1S/C17H12BrClN2O/c1-11-3-2-4-13(9-11)16-20-21-17(22-16)15(19)10-12-5-7-14(18)8-6-12/h2-10H,1H3/b15-10-. The zero-order valence-corrected chi connectivity index (χ0v) is 14.1. The molecule has 1 heterocycles. The molecule has 0 N–H and O–H groups in total. The van der Waals surface area contributed by atoms with Gasteiger partial charge in [0.2, 0.25) is 5.89 Å². The molecule has 0 fully saturated rings. The zero-order chi connectivity index (χ0) is 15.5. The minimum atomic E-state index is 0.307. The maximum absolute atomic E-state index is 6.27. The molecule has 1 aromatic heterocycles. The molecule has 0 bridgehead atoms. The third kappa shape index (κ3) is 3.46. The van der Waals surface area contributed by atoms with E-state index < -0.39 is 0 Å². The zero-order valence-electron chi connectivity index (χ0n) is 11.8. The van der Waals surface area contributed by atoms with Crippen LogP contribution in [0.25, 0.3) is 22.6 Å². The van der Waals surface area contributed by atoms with E-state index in [1.165, 1.54) is 0 Å². The molecular weight excluding hydrogens is 364 g/mol. The van der Waals surface area contributed by atoms with Crippen molar-refractivity contribution in [2.24, 2.45) is 0 Å². The summed E-state index contributed by atoms with van der Waals surface area (Å²) in [5.41, 5.74) is 2.98. The first kappa shape index (κ1) is 15.0. The van der Waals surface area contributed by atoms with Crippen molar-refractivity contribution >= 4 is 38.6 Å². The van der Waals surface area contributed by atoms with Gasteiger partial charge in [0.15, 0.2) is 0 Å². The SMILES string of the molecule is Cc1cccc(-c2nnc(/C(Cl)=C/c3ccc(Br)cc3)o2)c1. The Balaban J connectivity index is 1.88. The lowest BCUT2D eigenvalue weighted by Crippen LogP contribution is -1.79. The summed E-state index contributed by atoms with van der Waals surface area (Å²) in [6.07, 6.45) is 1.79. The number of nitrogens with zero attached hydrogens (tertiary/aromatic N) is 2. The van der Waals surface area contributed by atoms with Crippen LogP contribution in [0.5, 0.6) is 0 Å². The minimum Gasteiger partial charge on any atom is -0.415 e. The molecule has 0 aliphatic rings. The van der Waals surface area contributed by atoms with Crippen LogP contribution in [0.1, 0.15) is 17.0 Å². The molecule has 0 aliphatic heterocycles. The largest absolute Gasteiger partial charge is 0.415 e. The number of aromatic nitrogens is 2. The normalized spacial score (nSPS) is 11.7. The van der Waals surface area contributed by atoms with Gasteiger partial charge in [0.05, 0.1) is 0 Å². The Kier molecular flexibility index (Phi) is 4.41. The van der Waals surface area contributed by atoms with Crippen molar-refractivity contribution in [2.75, 3.05) is 0 Å². The van der Waals surface area contributed by atoms with Crippen LogP contribution in [0.3, 0.4) is 0 Å². The summed E-state index contributed by atoms with van der Waals surface area (Å²) in [6.45, 7) is 2.02. The molecule has 5 heteroatoms. The summed E-state index contributed by atoms with van der Waals surface area (Å²) in [5.74, 6) is 0.766. The molecule has 22 heavy (non-hydrogen) atoms. The fourth-order valence-electron chi connectivity index (χ4n) is 1.98. The Labute approximate surface area is 141 Å². The highest BCUT2D eigenvalue weighted by Gasteiger charge is 2.11. The maximum Gasteiger partial charge on any atom is 0.259 e. The van der Waals surface area contributed by atoms with Gasteiger partial charge in [-0.05, 0) is 42.8 Å². The van der Waals surface area contributed by atoms with Gasteiger partial charge in [-0.1, -0.05) is 57.4 Å². The first-order chi connectivity index (χ1) is 10.6. The lowest BCUT2D eigenvalue weighted by Gasteiger charge is -1.97. The number of hydrogen-bond donors (Lipinski definition) is 0. The van der Waals surface area contributed by atoms with E-state index in [9.17, 15) is 0 Å². The van der Waals surface area contributed by atoms with E-state index in [0.29, 0.717) is 16.8 Å². The fourth-order valence-corrected chi connectivity index (χ4v) is 2.45. The van der Waals surface area contributed by atoms with Crippen LogP contribution in [0.2, 0.25) is 0 Å². The molecule has 2 aromatic carbocycles. The van der Waals surface area contributed by atoms with E-state index >= 15 is 0 Å². The third-order valence-corrected chi connectivity index (χ3v) is 3.86. The Morgan fingerprint density at radius 3 is 2.64 bits per heavy atom. The summed E-state index contributed by atoms with van der Waals surface area (Å²) in [7, 11) is 0. The second kappa shape index (κ2) is 6.46. The monoisotopic (exact) mass is 374 g/mol. The van der Waals surface area contributed by atoms with Crippen molar-refractivity contribution in [1.82, 2.24) is 10.2 Å². The summed E-state index contributed by atoms with van der Waals surface area (Å²) < 4.78 is 6.66. The Hall–Kier alpha value is -1.91. The van der Waals surface area contributed by atoms with Gasteiger partial charge in [0.1, 0.15) is 5.03 Å². The van der Waals surface area contributed by atoms with Gasteiger partial charge in [-0.15, -0.1) is 10.2 Å². The molecule has 0 unspecified atom stereocenters. The van der Waals surface area contributed by atoms with Crippen LogP contribution in [0.4, 0.5) is 0 Å².